The quantitative estimate of drug-likeness (QED) is 0.115. The number of phosphoric ester groups is 1. The summed E-state index contributed by atoms with van der Waals surface area (Å²) >= 11 is 0. The minimum atomic E-state index is -4.03. The van der Waals surface area contributed by atoms with Gasteiger partial charge in [0, 0.05) is 5.57 Å². The van der Waals surface area contributed by atoms with Crippen LogP contribution in [0, 0.1) is 0 Å². The van der Waals surface area contributed by atoms with E-state index >= 15 is 0 Å². The first-order chi connectivity index (χ1) is 13.2. The Morgan fingerprint density at radius 2 is 1.39 bits per heavy atom. The van der Waals surface area contributed by atoms with Crippen molar-refractivity contribution in [1.82, 2.24) is 0 Å². The fourth-order valence-electron chi connectivity index (χ4n) is 3.33. The molecule has 0 rings (SSSR count). The van der Waals surface area contributed by atoms with Crippen LogP contribution in [0.15, 0.2) is 12.2 Å². The Balaban J connectivity index is 4.10. The first kappa shape index (κ1) is 27.3. The SMILES string of the molecule is C=C(C)C(=O)OCCCCCOP(=O)(O)OCC[N+](CCC)(CCC)CCC. The van der Waals surface area contributed by atoms with Crippen LogP contribution in [0.4, 0.5) is 0 Å². The molecule has 0 aliphatic rings. The van der Waals surface area contributed by atoms with Gasteiger partial charge in [-0.2, -0.15) is 0 Å². The second-order valence-electron chi connectivity index (χ2n) is 7.35. The number of phosphoric acid groups is 1. The van der Waals surface area contributed by atoms with E-state index in [9.17, 15) is 14.3 Å². The maximum absolute atomic E-state index is 12.1. The number of unbranched alkanes of at least 4 members (excludes halogenated alkanes) is 2. The van der Waals surface area contributed by atoms with Gasteiger partial charge in [0.1, 0.15) is 13.2 Å². The van der Waals surface area contributed by atoms with Crippen LogP contribution in [0.1, 0.15) is 66.2 Å². The number of rotatable bonds is 18. The van der Waals surface area contributed by atoms with Gasteiger partial charge in [0.15, 0.2) is 0 Å². The smallest absolute Gasteiger partial charge is 0.462 e. The Kier molecular flexibility index (Phi) is 14.8. The maximum atomic E-state index is 12.1. The zero-order valence-corrected chi connectivity index (χ0v) is 19.2. The molecule has 0 spiro atoms. The molecular weight excluding hydrogens is 381 g/mol. The number of nitrogens with zero attached hydrogens (tertiary/aromatic N) is 1. The van der Waals surface area contributed by atoms with Crippen LogP contribution < -0.4 is 0 Å². The molecule has 0 aromatic rings. The van der Waals surface area contributed by atoms with Crippen LogP contribution in [0.3, 0.4) is 0 Å². The molecule has 0 amide bonds. The van der Waals surface area contributed by atoms with Crippen molar-refractivity contribution in [1.29, 1.82) is 0 Å². The lowest BCUT2D eigenvalue weighted by Gasteiger charge is -2.38. The molecular formula is C20H41NO6P+. The molecule has 0 aromatic heterocycles. The van der Waals surface area contributed by atoms with Crippen LogP contribution in [0.2, 0.25) is 0 Å². The molecule has 0 radical (unpaired) electrons. The van der Waals surface area contributed by atoms with E-state index in [1.807, 2.05) is 0 Å². The Morgan fingerprint density at radius 1 is 0.893 bits per heavy atom. The Labute approximate surface area is 171 Å². The van der Waals surface area contributed by atoms with Crippen molar-refractivity contribution in [3.05, 3.63) is 12.2 Å². The van der Waals surface area contributed by atoms with Crippen molar-refractivity contribution in [2.75, 3.05) is 46.0 Å². The second-order valence-corrected chi connectivity index (χ2v) is 8.80. The largest absolute Gasteiger partial charge is 0.472 e. The van der Waals surface area contributed by atoms with Gasteiger partial charge in [0.05, 0.1) is 32.8 Å². The van der Waals surface area contributed by atoms with Gasteiger partial charge < -0.3 is 14.1 Å². The molecule has 0 heterocycles. The van der Waals surface area contributed by atoms with Gasteiger partial charge in [-0.3, -0.25) is 9.05 Å². The van der Waals surface area contributed by atoms with Crippen LogP contribution in [-0.4, -0.2) is 61.3 Å². The standard InChI is InChI=1S/C20H40NO6P/c1-6-12-21(13-7-2,14-8-3)15-18-27-28(23,24)26-17-11-9-10-16-25-20(22)19(4)5/h4,6-18H2,1-3,5H3/p+1. The zero-order chi connectivity index (χ0) is 21.5. The summed E-state index contributed by atoms with van der Waals surface area (Å²) in [5, 5.41) is 0. The van der Waals surface area contributed by atoms with Crippen molar-refractivity contribution < 1.29 is 32.5 Å². The predicted molar refractivity (Wildman–Crippen MR) is 112 cm³/mol. The Morgan fingerprint density at radius 3 is 1.89 bits per heavy atom. The highest BCUT2D eigenvalue weighted by Gasteiger charge is 2.27. The number of hydrogen-bond donors (Lipinski definition) is 1. The van der Waals surface area contributed by atoms with Crippen LogP contribution in [0.25, 0.3) is 0 Å². The number of carbonyl (C=O) groups is 1. The lowest BCUT2D eigenvalue weighted by Crippen LogP contribution is -2.51. The number of hydrogen-bond acceptors (Lipinski definition) is 5. The Hall–Kier alpha value is -0.720. The molecule has 1 unspecified atom stereocenters. The van der Waals surface area contributed by atoms with Crippen molar-refractivity contribution >= 4 is 13.8 Å². The monoisotopic (exact) mass is 422 g/mol. The highest BCUT2D eigenvalue weighted by atomic mass is 31.2. The first-order valence-corrected chi connectivity index (χ1v) is 12.0. The molecule has 0 aliphatic heterocycles. The summed E-state index contributed by atoms with van der Waals surface area (Å²) in [6, 6.07) is 0. The average Bonchev–Trinajstić information content (AvgIpc) is 2.61. The van der Waals surface area contributed by atoms with E-state index in [1.165, 1.54) is 0 Å². The van der Waals surface area contributed by atoms with E-state index in [2.05, 4.69) is 27.4 Å². The zero-order valence-electron chi connectivity index (χ0n) is 18.3. The third kappa shape index (κ3) is 12.7. The Bertz CT molecular complexity index is 480. The molecule has 0 bridgehead atoms. The normalized spacial score (nSPS) is 13.9. The van der Waals surface area contributed by atoms with E-state index in [-0.39, 0.29) is 13.2 Å². The second kappa shape index (κ2) is 15.2. The predicted octanol–water partition coefficient (Wildman–Crippen LogP) is 4.46. The molecule has 1 atom stereocenters. The van der Waals surface area contributed by atoms with Crippen molar-refractivity contribution in [3.8, 4) is 0 Å². The van der Waals surface area contributed by atoms with Gasteiger partial charge >= 0.3 is 13.8 Å². The van der Waals surface area contributed by atoms with Crippen molar-refractivity contribution in [2.24, 2.45) is 0 Å². The minimum absolute atomic E-state index is 0.140. The van der Waals surface area contributed by atoms with Crippen LogP contribution in [-0.2, 0) is 23.1 Å². The number of carbonyl (C=O) groups excluding carboxylic acids is 1. The summed E-state index contributed by atoms with van der Waals surface area (Å²) in [5.74, 6) is -0.395. The molecule has 1 N–H and O–H groups in total. The fourth-order valence-corrected chi connectivity index (χ4v) is 4.08. The molecule has 0 aromatic carbocycles. The van der Waals surface area contributed by atoms with Gasteiger partial charge in [-0.05, 0) is 45.4 Å². The third-order valence-electron chi connectivity index (χ3n) is 4.54. The summed E-state index contributed by atoms with van der Waals surface area (Å²) in [4.78, 5) is 21.1. The van der Waals surface area contributed by atoms with Gasteiger partial charge in [0.25, 0.3) is 0 Å². The van der Waals surface area contributed by atoms with E-state index in [0.717, 1.165) is 56.3 Å². The summed E-state index contributed by atoms with van der Waals surface area (Å²) in [6.07, 6.45) is 5.23. The summed E-state index contributed by atoms with van der Waals surface area (Å²) < 4.78 is 28.2. The van der Waals surface area contributed by atoms with Gasteiger partial charge in [-0.25, -0.2) is 9.36 Å². The van der Waals surface area contributed by atoms with E-state index in [4.69, 9.17) is 13.8 Å². The molecule has 0 saturated heterocycles. The lowest BCUT2D eigenvalue weighted by atomic mass is 10.2. The van der Waals surface area contributed by atoms with Gasteiger partial charge in [-0.1, -0.05) is 27.4 Å². The summed E-state index contributed by atoms with van der Waals surface area (Å²) in [7, 11) is -4.03. The van der Waals surface area contributed by atoms with Gasteiger partial charge in [0.2, 0.25) is 0 Å². The van der Waals surface area contributed by atoms with Gasteiger partial charge in [-0.15, -0.1) is 0 Å². The van der Waals surface area contributed by atoms with E-state index in [0.29, 0.717) is 25.0 Å². The van der Waals surface area contributed by atoms with Crippen molar-refractivity contribution in [3.63, 3.8) is 0 Å². The van der Waals surface area contributed by atoms with Crippen molar-refractivity contribution in [2.45, 2.75) is 66.2 Å². The number of ether oxygens (including phenoxy) is 1. The van der Waals surface area contributed by atoms with Crippen LogP contribution in [0.5, 0.6) is 0 Å². The topological polar surface area (TPSA) is 82.1 Å². The fraction of sp³-hybridized carbons (Fsp3) is 0.850. The average molecular weight is 423 g/mol. The summed E-state index contributed by atoms with van der Waals surface area (Å²) in [5.41, 5.74) is 0.376. The molecule has 28 heavy (non-hydrogen) atoms. The van der Waals surface area contributed by atoms with E-state index in [1.54, 1.807) is 6.92 Å². The molecule has 0 fully saturated rings. The molecule has 166 valence electrons. The highest BCUT2D eigenvalue weighted by molar-refractivity contribution is 7.47. The summed E-state index contributed by atoms with van der Waals surface area (Å²) in [6.45, 7) is 16.2. The molecule has 7 nitrogen and oxygen atoms in total. The molecule has 8 heteroatoms. The lowest BCUT2D eigenvalue weighted by molar-refractivity contribution is -0.928. The number of esters is 1. The highest BCUT2D eigenvalue weighted by Crippen LogP contribution is 2.43. The van der Waals surface area contributed by atoms with E-state index < -0.39 is 13.8 Å². The number of quaternary nitrogens is 1. The molecule has 0 aliphatic carbocycles. The first-order valence-electron chi connectivity index (χ1n) is 10.5. The van der Waals surface area contributed by atoms with Crippen LogP contribution >= 0.6 is 7.82 Å². The minimum Gasteiger partial charge on any atom is -0.462 e. The maximum Gasteiger partial charge on any atom is 0.472 e. The molecule has 0 saturated carbocycles. The third-order valence-corrected chi connectivity index (χ3v) is 5.56.